The molecule has 0 aliphatic rings. The Morgan fingerprint density at radius 3 is 2.59 bits per heavy atom. The van der Waals surface area contributed by atoms with Gasteiger partial charge in [-0.3, -0.25) is 4.79 Å². The van der Waals surface area contributed by atoms with Gasteiger partial charge in [-0.2, -0.15) is 0 Å². The van der Waals surface area contributed by atoms with Crippen LogP contribution in [0.3, 0.4) is 0 Å². The summed E-state index contributed by atoms with van der Waals surface area (Å²) in [5.74, 6) is 0.593. The van der Waals surface area contributed by atoms with Gasteiger partial charge in [0.2, 0.25) is 5.91 Å². The molecule has 0 saturated heterocycles. The van der Waals surface area contributed by atoms with Crippen LogP contribution < -0.4 is 10.1 Å². The average Bonchev–Trinajstić information content (AvgIpc) is 3.11. The number of imidazole rings is 1. The first-order valence-electron chi connectivity index (χ1n) is 8.68. The molecular weight excluding hydrogens is 338 g/mol. The van der Waals surface area contributed by atoms with Gasteiger partial charge < -0.3 is 14.6 Å². The van der Waals surface area contributed by atoms with Crippen LogP contribution in [0.25, 0.3) is 22.2 Å². The Kier molecular flexibility index (Phi) is 4.58. The van der Waals surface area contributed by atoms with Gasteiger partial charge in [0.25, 0.3) is 0 Å². The maximum atomic E-state index is 12.7. The average molecular weight is 357 g/mol. The number of hydrogen-bond acceptors (Lipinski definition) is 3. The van der Waals surface area contributed by atoms with E-state index in [9.17, 15) is 4.79 Å². The van der Waals surface area contributed by atoms with Gasteiger partial charge in [0, 0.05) is 5.56 Å². The van der Waals surface area contributed by atoms with E-state index in [1.165, 1.54) is 0 Å². The highest BCUT2D eigenvalue weighted by atomic mass is 16.5. The summed E-state index contributed by atoms with van der Waals surface area (Å²) in [6.45, 7) is 0.186. The van der Waals surface area contributed by atoms with Crippen LogP contribution in [0.5, 0.6) is 5.75 Å². The Morgan fingerprint density at radius 2 is 1.78 bits per heavy atom. The molecule has 0 radical (unpaired) electrons. The van der Waals surface area contributed by atoms with Crippen molar-refractivity contribution in [2.24, 2.45) is 0 Å². The number of carbonyl (C=O) groups is 1. The fourth-order valence-electron chi connectivity index (χ4n) is 3.19. The molecule has 0 aliphatic carbocycles. The van der Waals surface area contributed by atoms with Gasteiger partial charge in [-0.1, -0.05) is 48.5 Å². The lowest BCUT2D eigenvalue weighted by atomic mass is 10.0. The Labute approximate surface area is 157 Å². The maximum Gasteiger partial charge on any atom is 0.244 e. The Balaban J connectivity index is 1.63. The molecule has 1 aromatic heterocycles. The Hall–Kier alpha value is -3.60. The first kappa shape index (κ1) is 16.8. The molecule has 5 nitrogen and oxygen atoms in total. The summed E-state index contributed by atoms with van der Waals surface area (Å²) in [6.07, 6.45) is 1.69. The van der Waals surface area contributed by atoms with E-state index in [1.807, 2.05) is 77.4 Å². The van der Waals surface area contributed by atoms with Crippen LogP contribution in [0.1, 0.15) is 0 Å². The van der Waals surface area contributed by atoms with Crippen molar-refractivity contribution in [3.8, 4) is 16.9 Å². The summed E-state index contributed by atoms with van der Waals surface area (Å²) in [5, 5.41) is 3.02. The van der Waals surface area contributed by atoms with Gasteiger partial charge in [-0.15, -0.1) is 0 Å². The normalized spacial score (nSPS) is 10.7. The van der Waals surface area contributed by atoms with E-state index in [-0.39, 0.29) is 12.5 Å². The van der Waals surface area contributed by atoms with Crippen molar-refractivity contribution in [2.45, 2.75) is 6.54 Å². The monoisotopic (exact) mass is 357 g/mol. The van der Waals surface area contributed by atoms with E-state index in [0.717, 1.165) is 27.8 Å². The molecule has 0 bridgehead atoms. The zero-order valence-electron chi connectivity index (χ0n) is 14.9. The van der Waals surface area contributed by atoms with Crippen LogP contribution in [0.2, 0.25) is 0 Å². The molecule has 0 spiro atoms. The van der Waals surface area contributed by atoms with Crippen molar-refractivity contribution in [1.82, 2.24) is 9.55 Å². The van der Waals surface area contributed by atoms with E-state index in [1.54, 1.807) is 13.4 Å². The quantitative estimate of drug-likeness (QED) is 0.578. The zero-order valence-corrected chi connectivity index (χ0v) is 14.9. The summed E-state index contributed by atoms with van der Waals surface area (Å²) < 4.78 is 7.36. The third-order valence-electron chi connectivity index (χ3n) is 4.42. The van der Waals surface area contributed by atoms with E-state index in [0.29, 0.717) is 5.75 Å². The van der Waals surface area contributed by atoms with Crippen LogP contribution in [-0.2, 0) is 11.3 Å². The summed E-state index contributed by atoms with van der Waals surface area (Å²) >= 11 is 0. The number of nitrogens with zero attached hydrogens (tertiary/aromatic N) is 2. The van der Waals surface area contributed by atoms with Crippen molar-refractivity contribution in [1.29, 1.82) is 0 Å². The first-order chi connectivity index (χ1) is 13.3. The molecule has 0 saturated carbocycles. The number of hydrogen-bond donors (Lipinski definition) is 1. The second-order valence-electron chi connectivity index (χ2n) is 6.16. The van der Waals surface area contributed by atoms with Gasteiger partial charge in [-0.05, 0) is 29.8 Å². The summed E-state index contributed by atoms with van der Waals surface area (Å²) in [5.41, 5.74) is 4.37. The highest BCUT2D eigenvalue weighted by molar-refractivity contribution is 5.97. The highest BCUT2D eigenvalue weighted by Gasteiger charge is 2.14. The number of rotatable bonds is 5. The Bertz CT molecular complexity index is 1090. The minimum atomic E-state index is -0.122. The number of carbonyl (C=O) groups excluding carboxylic acids is 1. The lowest BCUT2D eigenvalue weighted by Gasteiger charge is -2.15. The largest absolute Gasteiger partial charge is 0.496 e. The summed E-state index contributed by atoms with van der Waals surface area (Å²) in [6, 6.07) is 23.3. The van der Waals surface area contributed by atoms with Crippen LogP contribution in [0, 0.1) is 0 Å². The third kappa shape index (κ3) is 3.40. The summed E-state index contributed by atoms with van der Waals surface area (Å²) in [4.78, 5) is 17.0. The number of amides is 1. The molecule has 134 valence electrons. The van der Waals surface area contributed by atoms with Crippen molar-refractivity contribution in [2.75, 3.05) is 12.4 Å². The van der Waals surface area contributed by atoms with Gasteiger partial charge in [-0.25, -0.2) is 4.98 Å². The SMILES string of the molecule is COc1cccc(NC(=O)Cn2cnc3ccccc32)c1-c1ccccc1. The Morgan fingerprint density at radius 1 is 1.00 bits per heavy atom. The molecule has 4 aromatic rings. The predicted octanol–water partition coefficient (Wildman–Crippen LogP) is 4.35. The number of para-hydroxylation sites is 2. The lowest BCUT2D eigenvalue weighted by molar-refractivity contribution is -0.116. The van der Waals surface area contributed by atoms with E-state index in [4.69, 9.17) is 4.74 Å². The third-order valence-corrected chi connectivity index (χ3v) is 4.42. The van der Waals surface area contributed by atoms with Gasteiger partial charge in [0.1, 0.15) is 12.3 Å². The zero-order chi connectivity index (χ0) is 18.6. The topological polar surface area (TPSA) is 56.1 Å². The van der Waals surface area contributed by atoms with Crippen molar-refractivity contribution in [3.63, 3.8) is 0 Å². The molecular formula is C22H19N3O2. The fraction of sp³-hybridized carbons (Fsp3) is 0.0909. The van der Waals surface area contributed by atoms with Crippen LogP contribution in [0.4, 0.5) is 5.69 Å². The lowest BCUT2D eigenvalue weighted by Crippen LogP contribution is -2.18. The standard InChI is InChI=1S/C22H19N3O2/c1-27-20-13-7-11-18(22(20)16-8-3-2-4-9-16)24-21(26)14-25-15-23-17-10-5-6-12-19(17)25/h2-13,15H,14H2,1H3,(H,24,26). The number of ether oxygens (including phenoxy) is 1. The molecule has 0 atom stereocenters. The van der Waals surface area contributed by atoms with Crippen molar-refractivity contribution >= 4 is 22.6 Å². The summed E-state index contributed by atoms with van der Waals surface area (Å²) in [7, 11) is 1.63. The van der Waals surface area contributed by atoms with E-state index < -0.39 is 0 Å². The number of aromatic nitrogens is 2. The number of methoxy groups -OCH3 is 1. The van der Waals surface area contributed by atoms with Crippen molar-refractivity contribution in [3.05, 3.63) is 79.1 Å². The second-order valence-corrected chi connectivity index (χ2v) is 6.16. The molecule has 1 heterocycles. The van der Waals surface area contributed by atoms with Gasteiger partial charge >= 0.3 is 0 Å². The minimum Gasteiger partial charge on any atom is -0.496 e. The number of fused-ring (bicyclic) bond motifs is 1. The molecule has 0 aliphatic heterocycles. The van der Waals surface area contributed by atoms with Gasteiger partial charge in [0.15, 0.2) is 0 Å². The molecule has 5 heteroatoms. The number of anilines is 1. The van der Waals surface area contributed by atoms with Crippen LogP contribution in [-0.4, -0.2) is 22.6 Å². The fourth-order valence-corrected chi connectivity index (χ4v) is 3.19. The van der Waals surface area contributed by atoms with Gasteiger partial charge in [0.05, 0.1) is 30.2 Å². The minimum absolute atomic E-state index is 0.122. The van der Waals surface area contributed by atoms with E-state index in [2.05, 4.69) is 10.3 Å². The molecule has 1 amide bonds. The van der Waals surface area contributed by atoms with Crippen molar-refractivity contribution < 1.29 is 9.53 Å². The van der Waals surface area contributed by atoms with Crippen LogP contribution >= 0.6 is 0 Å². The molecule has 3 aromatic carbocycles. The predicted molar refractivity (Wildman–Crippen MR) is 107 cm³/mol. The molecule has 0 unspecified atom stereocenters. The van der Waals surface area contributed by atoms with E-state index >= 15 is 0 Å². The highest BCUT2D eigenvalue weighted by Crippen LogP contribution is 2.36. The first-order valence-corrected chi connectivity index (χ1v) is 8.68. The number of nitrogens with one attached hydrogen (secondary N) is 1. The second kappa shape index (κ2) is 7.33. The molecule has 0 fully saturated rings. The smallest absolute Gasteiger partial charge is 0.244 e. The molecule has 27 heavy (non-hydrogen) atoms. The van der Waals surface area contributed by atoms with Crippen LogP contribution in [0.15, 0.2) is 79.1 Å². The molecule has 1 N–H and O–H groups in total. The number of benzene rings is 3. The molecule has 4 rings (SSSR count). The maximum absolute atomic E-state index is 12.7.